The molecule has 0 spiro atoms. The fourth-order valence-electron chi connectivity index (χ4n) is 6.00. The number of benzene rings is 1. The van der Waals surface area contributed by atoms with Crippen molar-refractivity contribution in [1.29, 1.82) is 0 Å². The van der Waals surface area contributed by atoms with Gasteiger partial charge in [-0.1, -0.05) is 53.0 Å². The Hall–Kier alpha value is -2.60. The molecule has 0 unspecified atom stereocenters. The number of hydrogen-bond acceptors (Lipinski definition) is 3. The van der Waals surface area contributed by atoms with E-state index in [1.54, 1.807) is 0 Å². The van der Waals surface area contributed by atoms with Crippen molar-refractivity contribution < 1.29 is 14.3 Å². The Morgan fingerprint density at radius 3 is 2.30 bits per heavy atom. The summed E-state index contributed by atoms with van der Waals surface area (Å²) < 4.78 is 7.35. The first-order valence-corrected chi connectivity index (χ1v) is 15.2. The van der Waals surface area contributed by atoms with Crippen LogP contribution in [-0.4, -0.2) is 42.2 Å². The highest BCUT2D eigenvalue weighted by Gasteiger charge is 2.40. The highest BCUT2D eigenvalue weighted by atomic mass is 16.5. The standard InChI is InChI=1S/C34H51N3O3/c1-23-28(31(39)35-22-33(5,6)36-30(38)21-40-8)19-29(37(23)20-24-12-10-9-11-13-24)25-16-26(32(2,3)4)18-27(17-25)34(7)14-15-34/h16-19,24H,9-15,20-22H2,1-8H3,(H,35,39)(H,36,38). The third kappa shape index (κ3) is 7.18. The zero-order chi connectivity index (χ0) is 29.3. The van der Waals surface area contributed by atoms with Crippen molar-refractivity contribution in [2.24, 2.45) is 5.92 Å². The summed E-state index contributed by atoms with van der Waals surface area (Å²) in [5.74, 6) is 0.338. The molecule has 2 fully saturated rings. The quantitative estimate of drug-likeness (QED) is 0.348. The normalized spacial score (nSPS) is 17.5. The zero-order valence-corrected chi connectivity index (χ0v) is 26.1. The summed E-state index contributed by atoms with van der Waals surface area (Å²) in [6, 6.07) is 9.23. The molecular weight excluding hydrogens is 498 g/mol. The molecule has 2 aliphatic rings. The molecule has 1 aromatic carbocycles. The fourth-order valence-corrected chi connectivity index (χ4v) is 6.00. The van der Waals surface area contributed by atoms with Gasteiger partial charge >= 0.3 is 0 Å². The van der Waals surface area contributed by atoms with Crippen molar-refractivity contribution in [1.82, 2.24) is 15.2 Å². The van der Waals surface area contributed by atoms with Gasteiger partial charge in [0, 0.05) is 31.6 Å². The van der Waals surface area contributed by atoms with Gasteiger partial charge in [0.15, 0.2) is 0 Å². The highest BCUT2D eigenvalue weighted by Crippen LogP contribution is 2.49. The molecular formula is C34H51N3O3. The summed E-state index contributed by atoms with van der Waals surface area (Å²) >= 11 is 0. The Balaban J connectivity index is 1.70. The molecule has 40 heavy (non-hydrogen) atoms. The fraction of sp³-hybridized carbons (Fsp3) is 0.647. The minimum Gasteiger partial charge on any atom is -0.375 e. The molecule has 2 saturated carbocycles. The molecule has 2 amide bonds. The smallest absolute Gasteiger partial charge is 0.253 e. The van der Waals surface area contributed by atoms with Gasteiger partial charge in [-0.2, -0.15) is 0 Å². The Labute approximate surface area is 241 Å². The average molecular weight is 550 g/mol. The van der Waals surface area contributed by atoms with Crippen molar-refractivity contribution in [3.8, 4) is 11.3 Å². The lowest BCUT2D eigenvalue weighted by molar-refractivity contribution is -0.126. The molecule has 4 rings (SSSR count). The van der Waals surface area contributed by atoms with Crippen molar-refractivity contribution >= 4 is 11.8 Å². The van der Waals surface area contributed by atoms with E-state index in [0.29, 0.717) is 18.0 Å². The van der Waals surface area contributed by atoms with Gasteiger partial charge < -0.3 is 19.9 Å². The van der Waals surface area contributed by atoms with Gasteiger partial charge in [0.1, 0.15) is 6.61 Å². The van der Waals surface area contributed by atoms with Crippen LogP contribution in [0.5, 0.6) is 0 Å². The van der Waals surface area contributed by atoms with Gasteiger partial charge in [-0.3, -0.25) is 9.59 Å². The van der Waals surface area contributed by atoms with Gasteiger partial charge in [-0.25, -0.2) is 0 Å². The number of nitrogens with one attached hydrogen (secondary N) is 2. The van der Waals surface area contributed by atoms with Crippen LogP contribution in [0.15, 0.2) is 24.3 Å². The Morgan fingerprint density at radius 1 is 1.02 bits per heavy atom. The predicted octanol–water partition coefficient (Wildman–Crippen LogP) is 6.66. The van der Waals surface area contributed by atoms with Crippen LogP contribution in [-0.2, 0) is 26.9 Å². The van der Waals surface area contributed by atoms with Crippen LogP contribution >= 0.6 is 0 Å². The van der Waals surface area contributed by atoms with Gasteiger partial charge in [0.25, 0.3) is 5.91 Å². The molecule has 220 valence electrons. The van der Waals surface area contributed by atoms with E-state index in [1.165, 1.54) is 68.7 Å². The predicted molar refractivity (Wildman–Crippen MR) is 163 cm³/mol. The Kier molecular flexibility index (Phi) is 8.89. The summed E-state index contributed by atoms with van der Waals surface area (Å²) in [5.41, 5.74) is 6.52. The van der Waals surface area contributed by atoms with E-state index in [0.717, 1.165) is 17.9 Å². The monoisotopic (exact) mass is 549 g/mol. The molecule has 0 atom stereocenters. The van der Waals surface area contributed by atoms with E-state index in [4.69, 9.17) is 4.74 Å². The lowest BCUT2D eigenvalue weighted by atomic mass is 9.82. The van der Waals surface area contributed by atoms with Crippen LogP contribution in [0.2, 0.25) is 0 Å². The minimum absolute atomic E-state index is 0.00146. The zero-order valence-electron chi connectivity index (χ0n) is 26.1. The summed E-state index contributed by atoms with van der Waals surface area (Å²) in [6.07, 6.45) is 8.87. The van der Waals surface area contributed by atoms with Crippen molar-refractivity contribution in [2.75, 3.05) is 20.3 Å². The summed E-state index contributed by atoms with van der Waals surface area (Å²) in [7, 11) is 1.50. The summed E-state index contributed by atoms with van der Waals surface area (Å²) in [5, 5.41) is 6.03. The van der Waals surface area contributed by atoms with Crippen LogP contribution in [0, 0.1) is 12.8 Å². The van der Waals surface area contributed by atoms with Gasteiger partial charge in [0.05, 0.1) is 11.1 Å². The Morgan fingerprint density at radius 2 is 1.70 bits per heavy atom. The molecule has 1 heterocycles. The molecule has 6 nitrogen and oxygen atoms in total. The van der Waals surface area contributed by atoms with Gasteiger partial charge in [-0.05, 0) is 98.1 Å². The SMILES string of the molecule is COCC(=O)NC(C)(C)CNC(=O)c1cc(-c2cc(C(C)(C)C)cc(C3(C)CC3)c2)n(CC2CCCCC2)c1C. The van der Waals surface area contributed by atoms with Crippen LogP contribution in [0.3, 0.4) is 0 Å². The third-order valence-corrected chi connectivity index (χ3v) is 9.01. The van der Waals surface area contributed by atoms with Gasteiger partial charge in [0.2, 0.25) is 5.91 Å². The summed E-state index contributed by atoms with van der Waals surface area (Å²) in [6.45, 7) is 16.4. The number of methoxy groups -OCH3 is 1. The molecule has 1 aromatic heterocycles. The van der Waals surface area contributed by atoms with E-state index in [1.807, 2.05) is 13.8 Å². The second-order valence-corrected chi connectivity index (χ2v) is 14.3. The second-order valence-electron chi connectivity index (χ2n) is 14.3. The maximum atomic E-state index is 13.6. The van der Waals surface area contributed by atoms with Crippen LogP contribution < -0.4 is 10.6 Å². The van der Waals surface area contributed by atoms with Gasteiger partial charge in [-0.15, -0.1) is 0 Å². The van der Waals surface area contributed by atoms with E-state index in [9.17, 15) is 9.59 Å². The van der Waals surface area contributed by atoms with Crippen molar-refractivity contribution in [2.45, 2.75) is 116 Å². The van der Waals surface area contributed by atoms with Crippen LogP contribution in [0.1, 0.15) is 114 Å². The first-order chi connectivity index (χ1) is 18.7. The van der Waals surface area contributed by atoms with Crippen molar-refractivity contribution in [3.63, 3.8) is 0 Å². The number of carbonyl (C=O) groups excluding carboxylic acids is 2. The number of amides is 2. The second kappa shape index (κ2) is 11.7. The first kappa shape index (κ1) is 30.4. The number of aromatic nitrogens is 1. The molecule has 2 aliphatic carbocycles. The van der Waals surface area contributed by atoms with Crippen LogP contribution in [0.25, 0.3) is 11.3 Å². The number of rotatable bonds is 10. The molecule has 0 saturated heterocycles. The number of ether oxygens (including phenoxy) is 1. The number of nitrogens with zero attached hydrogens (tertiary/aromatic N) is 1. The lowest BCUT2D eigenvalue weighted by Crippen LogP contribution is -2.52. The molecule has 2 aromatic rings. The molecule has 2 N–H and O–H groups in total. The maximum Gasteiger partial charge on any atom is 0.253 e. The average Bonchev–Trinajstić information content (AvgIpc) is 3.56. The third-order valence-electron chi connectivity index (χ3n) is 9.01. The number of carbonyl (C=O) groups is 2. The molecule has 0 bridgehead atoms. The molecule has 6 heteroatoms. The van der Waals surface area contributed by atoms with E-state index < -0.39 is 5.54 Å². The number of hydrogen-bond donors (Lipinski definition) is 2. The Bertz CT molecular complexity index is 1200. The van der Waals surface area contributed by atoms with E-state index in [2.05, 4.69) is 74.1 Å². The van der Waals surface area contributed by atoms with E-state index >= 15 is 0 Å². The lowest BCUT2D eigenvalue weighted by Gasteiger charge is -2.26. The maximum absolute atomic E-state index is 13.6. The minimum atomic E-state index is -0.595. The van der Waals surface area contributed by atoms with Crippen molar-refractivity contribution in [3.05, 3.63) is 46.6 Å². The van der Waals surface area contributed by atoms with Crippen LogP contribution in [0.4, 0.5) is 0 Å². The molecule has 0 aliphatic heterocycles. The topological polar surface area (TPSA) is 72.4 Å². The summed E-state index contributed by atoms with van der Waals surface area (Å²) in [4.78, 5) is 25.7. The first-order valence-electron chi connectivity index (χ1n) is 15.2. The largest absolute Gasteiger partial charge is 0.375 e. The molecule has 0 radical (unpaired) electrons. The highest BCUT2D eigenvalue weighted by molar-refractivity contribution is 5.97. The van der Waals surface area contributed by atoms with E-state index in [-0.39, 0.29) is 29.3 Å².